The summed E-state index contributed by atoms with van der Waals surface area (Å²) in [7, 11) is 3.40. The summed E-state index contributed by atoms with van der Waals surface area (Å²) in [4.78, 5) is 0. The number of hydrogen-bond donors (Lipinski definition) is 0. The Morgan fingerprint density at radius 3 is 2.07 bits per heavy atom. The molecule has 0 radical (unpaired) electrons. The van der Waals surface area contributed by atoms with E-state index in [1.54, 1.807) is 14.2 Å². The molecule has 1 aliphatic carbocycles. The first kappa shape index (κ1) is 10.6. The van der Waals surface area contributed by atoms with Crippen LogP contribution >= 0.6 is 11.6 Å². The number of fused-ring (bicyclic) bond motifs is 1. The van der Waals surface area contributed by atoms with Crippen LogP contribution in [0.2, 0.25) is 0 Å². The molecule has 0 spiro atoms. The zero-order valence-corrected chi connectivity index (χ0v) is 10.2. The summed E-state index contributed by atoms with van der Waals surface area (Å²) in [5.41, 5.74) is 4.59. The lowest BCUT2D eigenvalue weighted by Crippen LogP contribution is -2.17. The number of benzene rings is 1. The minimum atomic E-state index is 0.0724. The molecule has 1 aromatic carbocycles. The Kier molecular flexibility index (Phi) is 2.55. The lowest BCUT2D eigenvalue weighted by atomic mass is 9.82. The van der Waals surface area contributed by atoms with Crippen LogP contribution in [0, 0.1) is 13.8 Å². The molecule has 1 atom stereocenters. The molecular formula is C12H15ClO2. The van der Waals surface area contributed by atoms with E-state index in [0.717, 1.165) is 34.6 Å². The summed E-state index contributed by atoms with van der Waals surface area (Å²) in [5, 5.41) is 0.0724. The molecule has 0 amide bonds. The Morgan fingerprint density at radius 1 is 1.07 bits per heavy atom. The first-order chi connectivity index (χ1) is 7.11. The van der Waals surface area contributed by atoms with Crippen LogP contribution in [0.5, 0.6) is 11.5 Å². The molecule has 0 saturated heterocycles. The minimum Gasteiger partial charge on any atom is -0.496 e. The number of ether oxygens (including phenoxy) is 2. The van der Waals surface area contributed by atoms with Crippen molar-refractivity contribution in [1.82, 2.24) is 0 Å². The molecule has 82 valence electrons. The maximum absolute atomic E-state index is 6.18. The average Bonchev–Trinajstić information content (AvgIpc) is 2.22. The topological polar surface area (TPSA) is 18.5 Å². The van der Waals surface area contributed by atoms with Gasteiger partial charge in [0.15, 0.2) is 0 Å². The predicted octanol–water partition coefficient (Wildman–Crippen LogP) is 3.16. The Labute approximate surface area is 95.1 Å². The van der Waals surface area contributed by atoms with Crippen molar-refractivity contribution in [2.45, 2.75) is 25.6 Å². The average molecular weight is 227 g/mol. The smallest absolute Gasteiger partial charge is 0.127 e. The second kappa shape index (κ2) is 3.60. The fourth-order valence-corrected chi connectivity index (χ4v) is 2.64. The molecule has 1 unspecified atom stereocenters. The standard InChI is InChI=1S/C12H15ClO2/c1-6-7(2)12(15-4)10-8(5-9(10)13)11(6)14-3/h9H,5H2,1-4H3. The van der Waals surface area contributed by atoms with Gasteiger partial charge in [0.1, 0.15) is 11.5 Å². The van der Waals surface area contributed by atoms with E-state index in [-0.39, 0.29) is 5.38 Å². The summed E-state index contributed by atoms with van der Waals surface area (Å²) in [6, 6.07) is 0. The van der Waals surface area contributed by atoms with E-state index in [0.29, 0.717) is 0 Å². The molecule has 2 rings (SSSR count). The number of methoxy groups -OCH3 is 2. The number of alkyl halides is 1. The second-order valence-electron chi connectivity index (χ2n) is 3.88. The van der Waals surface area contributed by atoms with Crippen LogP contribution in [0.4, 0.5) is 0 Å². The van der Waals surface area contributed by atoms with Crippen molar-refractivity contribution >= 4 is 11.6 Å². The molecule has 0 heterocycles. The largest absolute Gasteiger partial charge is 0.496 e. The van der Waals surface area contributed by atoms with Crippen LogP contribution in [-0.4, -0.2) is 14.2 Å². The van der Waals surface area contributed by atoms with Gasteiger partial charge in [0.05, 0.1) is 19.6 Å². The SMILES string of the molecule is COc1c(C)c(C)c(OC)c2c1CC2Cl. The highest BCUT2D eigenvalue weighted by molar-refractivity contribution is 6.22. The second-order valence-corrected chi connectivity index (χ2v) is 4.41. The molecule has 1 aromatic rings. The van der Waals surface area contributed by atoms with E-state index < -0.39 is 0 Å². The zero-order valence-electron chi connectivity index (χ0n) is 9.48. The lowest BCUT2D eigenvalue weighted by Gasteiger charge is -2.31. The highest BCUT2D eigenvalue weighted by Crippen LogP contribution is 2.51. The van der Waals surface area contributed by atoms with E-state index in [1.165, 1.54) is 5.56 Å². The van der Waals surface area contributed by atoms with Gasteiger partial charge in [0, 0.05) is 11.1 Å². The first-order valence-electron chi connectivity index (χ1n) is 4.99. The highest BCUT2D eigenvalue weighted by Gasteiger charge is 2.34. The van der Waals surface area contributed by atoms with Gasteiger partial charge in [-0.3, -0.25) is 0 Å². The predicted molar refractivity (Wildman–Crippen MR) is 61.3 cm³/mol. The quantitative estimate of drug-likeness (QED) is 0.722. The van der Waals surface area contributed by atoms with Crippen LogP contribution in [0.25, 0.3) is 0 Å². The maximum Gasteiger partial charge on any atom is 0.127 e. The summed E-state index contributed by atoms with van der Waals surface area (Å²) < 4.78 is 10.8. The van der Waals surface area contributed by atoms with Crippen molar-refractivity contribution in [1.29, 1.82) is 0 Å². The van der Waals surface area contributed by atoms with Gasteiger partial charge in [0.2, 0.25) is 0 Å². The fraction of sp³-hybridized carbons (Fsp3) is 0.500. The number of halogens is 1. The van der Waals surface area contributed by atoms with E-state index in [9.17, 15) is 0 Å². The van der Waals surface area contributed by atoms with Crippen molar-refractivity contribution in [3.63, 3.8) is 0 Å². The minimum absolute atomic E-state index is 0.0724. The molecule has 0 fully saturated rings. The fourth-order valence-electron chi connectivity index (χ4n) is 2.25. The van der Waals surface area contributed by atoms with Crippen molar-refractivity contribution in [3.05, 3.63) is 22.3 Å². The van der Waals surface area contributed by atoms with Gasteiger partial charge in [0.25, 0.3) is 0 Å². The normalized spacial score (nSPS) is 18.1. The molecule has 0 N–H and O–H groups in total. The molecule has 15 heavy (non-hydrogen) atoms. The first-order valence-corrected chi connectivity index (χ1v) is 5.43. The summed E-state index contributed by atoms with van der Waals surface area (Å²) in [5.74, 6) is 1.90. The number of rotatable bonds is 2. The molecule has 3 heteroatoms. The van der Waals surface area contributed by atoms with Gasteiger partial charge in [-0.2, -0.15) is 0 Å². The third-order valence-electron chi connectivity index (χ3n) is 3.19. The molecule has 0 aliphatic heterocycles. The van der Waals surface area contributed by atoms with Gasteiger partial charge in [-0.25, -0.2) is 0 Å². The molecule has 0 aromatic heterocycles. The van der Waals surface area contributed by atoms with Crippen molar-refractivity contribution in [3.8, 4) is 11.5 Å². The molecule has 0 bridgehead atoms. The summed E-state index contributed by atoms with van der Waals surface area (Å²) in [6.45, 7) is 4.09. The van der Waals surface area contributed by atoms with Gasteiger partial charge in [-0.15, -0.1) is 11.6 Å². The maximum atomic E-state index is 6.18. The van der Waals surface area contributed by atoms with E-state index in [1.807, 2.05) is 6.92 Å². The van der Waals surface area contributed by atoms with Gasteiger partial charge < -0.3 is 9.47 Å². The van der Waals surface area contributed by atoms with E-state index >= 15 is 0 Å². The Balaban J connectivity index is 2.70. The summed E-state index contributed by atoms with van der Waals surface area (Å²) >= 11 is 6.18. The highest BCUT2D eigenvalue weighted by atomic mass is 35.5. The van der Waals surface area contributed by atoms with Crippen molar-refractivity contribution < 1.29 is 9.47 Å². The third-order valence-corrected chi connectivity index (χ3v) is 3.56. The zero-order chi connectivity index (χ0) is 11.2. The molecule has 1 aliphatic rings. The summed E-state index contributed by atoms with van der Waals surface area (Å²) in [6.07, 6.45) is 0.873. The van der Waals surface area contributed by atoms with E-state index in [2.05, 4.69) is 6.92 Å². The molecule has 0 saturated carbocycles. The van der Waals surface area contributed by atoms with Crippen molar-refractivity contribution in [2.75, 3.05) is 14.2 Å². The van der Waals surface area contributed by atoms with Crippen molar-refractivity contribution in [2.24, 2.45) is 0 Å². The van der Waals surface area contributed by atoms with Gasteiger partial charge in [-0.1, -0.05) is 0 Å². The van der Waals surface area contributed by atoms with Crippen LogP contribution in [-0.2, 0) is 6.42 Å². The van der Waals surface area contributed by atoms with E-state index in [4.69, 9.17) is 21.1 Å². The monoisotopic (exact) mass is 226 g/mol. The Bertz CT molecular complexity index is 413. The van der Waals surface area contributed by atoms with Crippen LogP contribution in [0.1, 0.15) is 27.6 Å². The molecular weight excluding hydrogens is 212 g/mol. The van der Waals surface area contributed by atoms with Crippen LogP contribution in [0.3, 0.4) is 0 Å². The Morgan fingerprint density at radius 2 is 1.60 bits per heavy atom. The van der Waals surface area contributed by atoms with Crippen LogP contribution in [0.15, 0.2) is 0 Å². The third kappa shape index (κ3) is 1.31. The lowest BCUT2D eigenvalue weighted by molar-refractivity contribution is 0.380. The number of hydrogen-bond acceptors (Lipinski definition) is 2. The van der Waals surface area contributed by atoms with Gasteiger partial charge in [-0.05, 0) is 31.4 Å². The molecule has 2 nitrogen and oxygen atoms in total. The van der Waals surface area contributed by atoms with Gasteiger partial charge >= 0.3 is 0 Å². The Hall–Kier alpha value is -0.890. The van der Waals surface area contributed by atoms with Crippen LogP contribution < -0.4 is 9.47 Å².